The molecule has 0 aliphatic carbocycles. The number of likely N-dealkylation sites (tertiary alicyclic amines) is 1. The van der Waals surface area contributed by atoms with Crippen LogP contribution in [0, 0.1) is 0 Å². The highest BCUT2D eigenvalue weighted by atomic mass is 16.7. The van der Waals surface area contributed by atoms with Crippen LogP contribution in [0.2, 0.25) is 0 Å². The van der Waals surface area contributed by atoms with Gasteiger partial charge in [-0.2, -0.15) is 0 Å². The van der Waals surface area contributed by atoms with Crippen LogP contribution in [-0.4, -0.2) is 41.8 Å². The average molecular weight is 516 g/mol. The minimum Gasteiger partial charge on any atom is -0.392 e. The summed E-state index contributed by atoms with van der Waals surface area (Å²) in [6.45, 7) is 3.58. The Hall–Kier alpha value is -3.23. The lowest BCUT2D eigenvalue weighted by Gasteiger charge is -2.39. The van der Waals surface area contributed by atoms with Crippen molar-refractivity contribution in [1.82, 2.24) is 10.2 Å². The molecule has 38 heavy (non-hydrogen) atoms. The summed E-state index contributed by atoms with van der Waals surface area (Å²) in [4.78, 5) is 15.0. The highest BCUT2D eigenvalue weighted by molar-refractivity contribution is 5.89. The molecule has 3 aromatic carbocycles. The van der Waals surface area contributed by atoms with E-state index in [0.717, 1.165) is 48.3 Å². The number of anilines is 1. The summed E-state index contributed by atoms with van der Waals surface area (Å²) in [7, 11) is 0. The molecule has 2 amide bonds. The Morgan fingerprint density at radius 2 is 1.66 bits per heavy atom. The van der Waals surface area contributed by atoms with Crippen LogP contribution in [0.25, 0.3) is 0 Å². The number of hydrogen-bond donors (Lipinski definition) is 3. The SMILES string of the molecule is O=C(NCc1ccccc1)Nc1cccc([C@@H]2O[C@H](CN3CCCCC3)C[C@H](c3ccc(CO)cc3)O2)c1. The van der Waals surface area contributed by atoms with E-state index in [9.17, 15) is 9.90 Å². The third-order valence-corrected chi connectivity index (χ3v) is 7.24. The summed E-state index contributed by atoms with van der Waals surface area (Å²) >= 11 is 0. The van der Waals surface area contributed by atoms with Crippen molar-refractivity contribution in [2.45, 2.75) is 57.3 Å². The Balaban J connectivity index is 1.28. The van der Waals surface area contributed by atoms with Gasteiger partial charge in [0.05, 0.1) is 18.8 Å². The van der Waals surface area contributed by atoms with Gasteiger partial charge in [-0.25, -0.2) is 4.79 Å². The number of amides is 2. The predicted molar refractivity (Wildman–Crippen MR) is 147 cm³/mol. The number of aliphatic hydroxyl groups is 1. The zero-order valence-electron chi connectivity index (χ0n) is 21.7. The van der Waals surface area contributed by atoms with E-state index in [-0.39, 0.29) is 24.8 Å². The molecular weight excluding hydrogens is 478 g/mol. The smallest absolute Gasteiger partial charge is 0.319 e. The van der Waals surface area contributed by atoms with Gasteiger partial charge in [-0.05, 0) is 54.8 Å². The molecule has 2 heterocycles. The van der Waals surface area contributed by atoms with Gasteiger partial charge in [0.2, 0.25) is 0 Å². The largest absolute Gasteiger partial charge is 0.392 e. The first-order valence-electron chi connectivity index (χ1n) is 13.6. The number of piperidine rings is 1. The topological polar surface area (TPSA) is 83.1 Å². The third kappa shape index (κ3) is 7.20. The molecule has 3 N–H and O–H groups in total. The van der Waals surface area contributed by atoms with Crippen LogP contribution in [0.15, 0.2) is 78.9 Å². The van der Waals surface area contributed by atoms with Crippen molar-refractivity contribution in [2.24, 2.45) is 0 Å². The van der Waals surface area contributed by atoms with Crippen LogP contribution >= 0.6 is 0 Å². The van der Waals surface area contributed by atoms with Crippen molar-refractivity contribution >= 4 is 11.7 Å². The number of hydrogen-bond acceptors (Lipinski definition) is 5. The highest BCUT2D eigenvalue weighted by Gasteiger charge is 2.33. The molecular formula is C31H37N3O4. The number of rotatable bonds is 8. The van der Waals surface area contributed by atoms with Crippen LogP contribution in [0.3, 0.4) is 0 Å². The lowest BCUT2D eigenvalue weighted by atomic mass is 9.99. The molecule has 2 aliphatic rings. The van der Waals surface area contributed by atoms with Crippen LogP contribution < -0.4 is 10.6 Å². The number of nitrogens with one attached hydrogen (secondary N) is 2. The first kappa shape index (κ1) is 26.4. The second-order valence-corrected chi connectivity index (χ2v) is 10.1. The minimum atomic E-state index is -0.546. The maximum Gasteiger partial charge on any atom is 0.319 e. The van der Waals surface area contributed by atoms with Crippen molar-refractivity contribution in [3.05, 3.63) is 101 Å². The van der Waals surface area contributed by atoms with Crippen LogP contribution in [0.1, 0.15) is 60.3 Å². The lowest BCUT2D eigenvalue weighted by Crippen LogP contribution is -2.41. The number of urea groups is 1. The van der Waals surface area contributed by atoms with Crippen LogP contribution in [0.5, 0.6) is 0 Å². The van der Waals surface area contributed by atoms with Crippen molar-refractivity contribution in [1.29, 1.82) is 0 Å². The van der Waals surface area contributed by atoms with Gasteiger partial charge in [0, 0.05) is 30.8 Å². The molecule has 0 unspecified atom stereocenters. The van der Waals surface area contributed by atoms with Crippen molar-refractivity contribution in [2.75, 3.05) is 25.0 Å². The summed E-state index contributed by atoms with van der Waals surface area (Å²) in [5.41, 5.74) is 4.55. The number of ether oxygens (including phenoxy) is 2. The molecule has 2 saturated heterocycles. The van der Waals surface area contributed by atoms with Gasteiger partial charge in [-0.1, -0.05) is 73.2 Å². The van der Waals surface area contributed by atoms with Gasteiger partial charge < -0.3 is 30.1 Å². The Labute approximate surface area is 224 Å². The number of aliphatic hydroxyl groups excluding tert-OH is 1. The fraction of sp³-hybridized carbons (Fsp3) is 0.387. The van der Waals surface area contributed by atoms with Gasteiger partial charge in [-0.3, -0.25) is 0 Å². The van der Waals surface area contributed by atoms with E-state index in [2.05, 4.69) is 15.5 Å². The highest BCUT2D eigenvalue weighted by Crippen LogP contribution is 2.38. The van der Waals surface area contributed by atoms with Crippen LogP contribution in [0.4, 0.5) is 10.5 Å². The predicted octanol–water partition coefficient (Wildman–Crippen LogP) is 5.53. The van der Waals surface area contributed by atoms with Gasteiger partial charge in [-0.15, -0.1) is 0 Å². The zero-order chi connectivity index (χ0) is 26.2. The van der Waals surface area contributed by atoms with E-state index in [4.69, 9.17) is 9.47 Å². The summed E-state index contributed by atoms with van der Waals surface area (Å²) < 4.78 is 13.0. The maximum atomic E-state index is 12.5. The van der Waals surface area contributed by atoms with E-state index in [0.29, 0.717) is 12.2 Å². The number of carbonyl (C=O) groups excluding carboxylic acids is 1. The molecule has 0 radical (unpaired) electrons. The lowest BCUT2D eigenvalue weighted by molar-refractivity contribution is -0.253. The summed E-state index contributed by atoms with van der Waals surface area (Å²) in [6, 6.07) is 25.2. The molecule has 7 heteroatoms. The van der Waals surface area contributed by atoms with E-state index in [1.54, 1.807) is 0 Å². The monoisotopic (exact) mass is 515 g/mol. The molecule has 7 nitrogen and oxygen atoms in total. The minimum absolute atomic E-state index is 0.0217. The fourth-order valence-electron chi connectivity index (χ4n) is 5.18. The number of carbonyl (C=O) groups is 1. The standard InChI is InChI=1S/C31H37N3O4/c35-22-24-12-14-25(15-13-24)29-19-28(21-34-16-5-2-6-17-34)37-30(38-29)26-10-7-11-27(18-26)33-31(36)32-20-23-8-3-1-4-9-23/h1,3-4,7-15,18,28-30,35H,2,5-6,16-17,19-22H2,(H2,32,33,36)/t28-,29+,30+/m0/s1. The Bertz CT molecular complexity index is 1170. The molecule has 2 fully saturated rings. The molecule has 2 aliphatic heterocycles. The maximum absolute atomic E-state index is 12.5. The molecule has 3 atom stereocenters. The first-order valence-corrected chi connectivity index (χ1v) is 13.6. The van der Waals surface area contributed by atoms with Gasteiger partial charge in [0.25, 0.3) is 0 Å². The van der Waals surface area contributed by atoms with E-state index >= 15 is 0 Å². The zero-order valence-corrected chi connectivity index (χ0v) is 21.7. The first-order chi connectivity index (χ1) is 18.7. The second kappa shape index (κ2) is 13.0. The van der Waals surface area contributed by atoms with Crippen molar-refractivity contribution in [3.8, 4) is 0 Å². The molecule has 0 aromatic heterocycles. The summed E-state index contributed by atoms with van der Waals surface area (Å²) in [5.74, 6) is 0. The van der Waals surface area contributed by atoms with Gasteiger partial charge >= 0.3 is 6.03 Å². The van der Waals surface area contributed by atoms with Crippen LogP contribution in [-0.2, 0) is 22.6 Å². The van der Waals surface area contributed by atoms with E-state index in [1.807, 2.05) is 78.9 Å². The fourth-order valence-corrected chi connectivity index (χ4v) is 5.18. The third-order valence-electron chi connectivity index (χ3n) is 7.24. The van der Waals surface area contributed by atoms with E-state index < -0.39 is 6.29 Å². The second-order valence-electron chi connectivity index (χ2n) is 10.1. The molecule has 0 saturated carbocycles. The molecule has 0 bridgehead atoms. The molecule has 5 rings (SSSR count). The normalized spacial score (nSPS) is 22.1. The quantitative estimate of drug-likeness (QED) is 0.367. The van der Waals surface area contributed by atoms with Crippen molar-refractivity contribution < 1.29 is 19.4 Å². The van der Waals surface area contributed by atoms with Gasteiger partial charge in [0.15, 0.2) is 6.29 Å². The average Bonchev–Trinajstić information content (AvgIpc) is 2.97. The molecule has 3 aromatic rings. The van der Waals surface area contributed by atoms with Crippen molar-refractivity contribution in [3.63, 3.8) is 0 Å². The summed E-state index contributed by atoms with van der Waals surface area (Å²) in [6.07, 6.45) is 3.90. The molecule has 200 valence electrons. The molecule has 0 spiro atoms. The summed E-state index contributed by atoms with van der Waals surface area (Å²) in [5, 5.41) is 15.3. The Morgan fingerprint density at radius 1 is 0.868 bits per heavy atom. The number of benzene rings is 3. The van der Waals surface area contributed by atoms with E-state index in [1.165, 1.54) is 19.3 Å². The number of nitrogens with zero attached hydrogens (tertiary/aromatic N) is 1. The Morgan fingerprint density at radius 3 is 2.42 bits per heavy atom. The Kier molecular flexibility index (Phi) is 9.04. The van der Waals surface area contributed by atoms with Gasteiger partial charge in [0.1, 0.15) is 0 Å².